The van der Waals surface area contributed by atoms with E-state index in [0.29, 0.717) is 6.54 Å². The first kappa shape index (κ1) is 22.8. The standard InChI is InChI=1S/C27H38N4O/c1-4-5-6-7-8-22-9-11-23(12-10-22)27(32)31-18-15-25-24(19-31)26(29-21(3)28-25)30-16-13-20(2)14-17-30/h9-12,20H,4-8,13-19H2,1-3H3. The summed E-state index contributed by atoms with van der Waals surface area (Å²) in [7, 11) is 0. The molecule has 2 aliphatic heterocycles. The van der Waals surface area contributed by atoms with Crippen molar-refractivity contribution < 1.29 is 4.79 Å². The van der Waals surface area contributed by atoms with Crippen molar-refractivity contribution in [2.75, 3.05) is 24.5 Å². The van der Waals surface area contributed by atoms with E-state index >= 15 is 0 Å². The van der Waals surface area contributed by atoms with Crippen LogP contribution in [-0.2, 0) is 19.4 Å². The van der Waals surface area contributed by atoms with Crippen LogP contribution in [-0.4, -0.2) is 40.4 Å². The molecule has 0 N–H and O–H groups in total. The van der Waals surface area contributed by atoms with Crippen molar-refractivity contribution in [1.29, 1.82) is 0 Å². The topological polar surface area (TPSA) is 49.3 Å². The van der Waals surface area contributed by atoms with Crippen LogP contribution in [0.1, 0.15) is 85.4 Å². The Kier molecular flexibility index (Phi) is 7.44. The Morgan fingerprint density at radius 2 is 1.78 bits per heavy atom. The molecule has 0 bridgehead atoms. The molecule has 1 aromatic carbocycles. The average molecular weight is 435 g/mol. The fourth-order valence-corrected chi connectivity index (χ4v) is 4.92. The number of amides is 1. The predicted molar refractivity (Wildman–Crippen MR) is 130 cm³/mol. The molecule has 0 radical (unpaired) electrons. The first-order valence-corrected chi connectivity index (χ1v) is 12.5. The van der Waals surface area contributed by atoms with E-state index in [2.05, 4.69) is 30.9 Å². The van der Waals surface area contributed by atoms with Gasteiger partial charge in [0, 0.05) is 37.2 Å². The number of carbonyl (C=O) groups is 1. The zero-order valence-corrected chi connectivity index (χ0v) is 20.1. The molecule has 0 saturated carbocycles. The van der Waals surface area contributed by atoms with Gasteiger partial charge in [-0.1, -0.05) is 45.2 Å². The van der Waals surface area contributed by atoms with Crippen LogP contribution in [0.4, 0.5) is 5.82 Å². The van der Waals surface area contributed by atoms with Gasteiger partial charge in [0.15, 0.2) is 0 Å². The normalized spacial score (nSPS) is 16.8. The Balaban J connectivity index is 1.46. The van der Waals surface area contributed by atoms with Gasteiger partial charge < -0.3 is 9.80 Å². The van der Waals surface area contributed by atoms with E-state index in [0.717, 1.165) is 66.9 Å². The molecule has 1 saturated heterocycles. The number of hydrogen-bond donors (Lipinski definition) is 0. The molecule has 0 aliphatic carbocycles. The number of rotatable bonds is 7. The maximum absolute atomic E-state index is 13.3. The number of anilines is 1. The van der Waals surface area contributed by atoms with Crippen LogP contribution >= 0.6 is 0 Å². The van der Waals surface area contributed by atoms with Gasteiger partial charge in [-0.15, -0.1) is 0 Å². The molecule has 4 rings (SSSR count). The van der Waals surface area contributed by atoms with E-state index in [1.165, 1.54) is 44.1 Å². The van der Waals surface area contributed by atoms with Gasteiger partial charge >= 0.3 is 0 Å². The number of aryl methyl sites for hydroxylation is 2. The fourth-order valence-electron chi connectivity index (χ4n) is 4.92. The van der Waals surface area contributed by atoms with Crippen molar-refractivity contribution in [3.8, 4) is 0 Å². The Bertz CT molecular complexity index is 916. The van der Waals surface area contributed by atoms with Crippen molar-refractivity contribution in [2.24, 2.45) is 5.92 Å². The van der Waals surface area contributed by atoms with Gasteiger partial charge in [-0.3, -0.25) is 4.79 Å². The number of benzene rings is 1. The minimum atomic E-state index is 0.118. The Morgan fingerprint density at radius 3 is 2.50 bits per heavy atom. The van der Waals surface area contributed by atoms with Crippen LogP contribution in [0.3, 0.4) is 0 Å². The third kappa shape index (κ3) is 5.31. The van der Waals surface area contributed by atoms with Gasteiger partial charge in [-0.2, -0.15) is 0 Å². The van der Waals surface area contributed by atoms with Crippen molar-refractivity contribution in [2.45, 2.75) is 78.7 Å². The molecule has 1 aromatic heterocycles. The highest BCUT2D eigenvalue weighted by atomic mass is 16.2. The van der Waals surface area contributed by atoms with Gasteiger partial charge in [0.2, 0.25) is 0 Å². The zero-order chi connectivity index (χ0) is 22.5. The summed E-state index contributed by atoms with van der Waals surface area (Å²) in [5, 5.41) is 0. The van der Waals surface area contributed by atoms with Crippen LogP contribution < -0.4 is 4.90 Å². The number of hydrogen-bond acceptors (Lipinski definition) is 4. The number of aromatic nitrogens is 2. The largest absolute Gasteiger partial charge is 0.356 e. The van der Waals surface area contributed by atoms with E-state index < -0.39 is 0 Å². The van der Waals surface area contributed by atoms with Crippen molar-refractivity contribution in [3.63, 3.8) is 0 Å². The number of unbranched alkanes of at least 4 members (excludes halogenated alkanes) is 3. The maximum atomic E-state index is 13.3. The van der Waals surface area contributed by atoms with Gasteiger partial charge in [-0.05, 0) is 56.2 Å². The summed E-state index contributed by atoms with van der Waals surface area (Å²) >= 11 is 0. The molecular weight excluding hydrogens is 396 g/mol. The summed E-state index contributed by atoms with van der Waals surface area (Å²) in [4.78, 5) is 27.2. The lowest BCUT2D eigenvalue weighted by molar-refractivity contribution is 0.0733. The minimum Gasteiger partial charge on any atom is -0.356 e. The summed E-state index contributed by atoms with van der Waals surface area (Å²) in [6.07, 6.45) is 9.36. The van der Waals surface area contributed by atoms with Gasteiger partial charge in [0.25, 0.3) is 5.91 Å². The Labute approximate surface area is 193 Å². The van der Waals surface area contributed by atoms with E-state index in [9.17, 15) is 4.79 Å². The lowest BCUT2D eigenvalue weighted by atomic mass is 9.98. The van der Waals surface area contributed by atoms with E-state index in [4.69, 9.17) is 9.97 Å². The molecule has 5 nitrogen and oxygen atoms in total. The molecule has 5 heteroatoms. The molecule has 0 spiro atoms. The molecule has 2 aliphatic rings. The van der Waals surface area contributed by atoms with E-state index in [1.807, 2.05) is 24.0 Å². The molecule has 32 heavy (non-hydrogen) atoms. The third-order valence-electron chi connectivity index (χ3n) is 7.04. The van der Waals surface area contributed by atoms with Crippen molar-refractivity contribution in [1.82, 2.24) is 14.9 Å². The lowest BCUT2D eigenvalue weighted by Gasteiger charge is -2.36. The van der Waals surface area contributed by atoms with Crippen molar-refractivity contribution in [3.05, 3.63) is 52.5 Å². The van der Waals surface area contributed by atoms with E-state index in [1.54, 1.807) is 0 Å². The maximum Gasteiger partial charge on any atom is 0.254 e. The SMILES string of the molecule is CCCCCCc1ccc(C(=O)N2CCc3nc(C)nc(N4CCC(C)CC4)c3C2)cc1. The summed E-state index contributed by atoms with van der Waals surface area (Å²) < 4.78 is 0. The molecule has 1 fully saturated rings. The summed E-state index contributed by atoms with van der Waals surface area (Å²) in [5.41, 5.74) is 4.38. The molecule has 3 heterocycles. The molecule has 172 valence electrons. The van der Waals surface area contributed by atoms with Gasteiger partial charge in [-0.25, -0.2) is 9.97 Å². The van der Waals surface area contributed by atoms with Gasteiger partial charge in [0.1, 0.15) is 11.6 Å². The minimum absolute atomic E-state index is 0.118. The highest BCUT2D eigenvalue weighted by Gasteiger charge is 2.29. The second kappa shape index (κ2) is 10.5. The monoisotopic (exact) mass is 434 g/mol. The molecule has 0 unspecified atom stereocenters. The lowest BCUT2D eigenvalue weighted by Crippen LogP contribution is -2.40. The number of nitrogens with zero attached hydrogens (tertiary/aromatic N) is 4. The summed E-state index contributed by atoms with van der Waals surface area (Å²) in [5.74, 6) is 2.79. The number of piperidine rings is 1. The van der Waals surface area contributed by atoms with Gasteiger partial charge in [0.05, 0.1) is 12.2 Å². The van der Waals surface area contributed by atoms with Crippen molar-refractivity contribution >= 4 is 11.7 Å². The zero-order valence-electron chi connectivity index (χ0n) is 20.1. The first-order valence-electron chi connectivity index (χ1n) is 12.5. The first-order chi connectivity index (χ1) is 15.5. The van der Waals surface area contributed by atoms with Crippen LogP contribution in [0.15, 0.2) is 24.3 Å². The highest BCUT2D eigenvalue weighted by molar-refractivity contribution is 5.94. The number of fused-ring (bicyclic) bond motifs is 1. The van der Waals surface area contributed by atoms with Crippen LogP contribution in [0.25, 0.3) is 0 Å². The Hall–Kier alpha value is -2.43. The molecule has 2 aromatic rings. The second-order valence-electron chi connectivity index (χ2n) is 9.67. The summed E-state index contributed by atoms with van der Waals surface area (Å²) in [6.45, 7) is 9.96. The molecule has 0 atom stereocenters. The quantitative estimate of drug-likeness (QED) is 0.552. The fraction of sp³-hybridized carbons (Fsp3) is 0.593. The predicted octanol–water partition coefficient (Wildman–Crippen LogP) is 5.34. The highest BCUT2D eigenvalue weighted by Crippen LogP contribution is 2.30. The average Bonchev–Trinajstić information content (AvgIpc) is 2.81. The van der Waals surface area contributed by atoms with Crippen LogP contribution in [0, 0.1) is 12.8 Å². The van der Waals surface area contributed by atoms with Crippen LogP contribution in [0.2, 0.25) is 0 Å². The van der Waals surface area contributed by atoms with Crippen LogP contribution in [0.5, 0.6) is 0 Å². The van der Waals surface area contributed by atoms with E-state index in [-0.39, 0.29) is 5.91 Å². The third-order valence-corrected chi connectivity index (χ3v) is 7.04. The summed E-state index contributed by atoms with van der Waals surface area (Å²) in [6, 6.07) is 8.27. The molecule has 1 amide bonds. The molecular formula is C27H38N4O. The Morgan fingerprint density at radius 1 is 1.03 bits per heavy atom. The number of carbonyl (C=O) groups excluding carboxylic acids is 1. The smallest absolute Gasteiger partial charge is 0.254 e. The second-order valence-corrected chi connectivity index (χ2v) is 9.67.